The van der Waals surface area contributed by atoms with Crippen LogP contribution >= 0.6 is 0 Å². The molecule has 2 rings (SSSR count). The average molecular weight is 345 g/mol. The molecule has 1 aromatic carbocycles. The zero-order valence-electron chi connectivity index (χ0n) is 15.7. The predicted molar refractivity (Wildman–Crippen MR) is 101 cm³/mol. The minimum absolute atomic E-state index is 0.0474. The highest BCUT2D eigenvalue weighted by Gasteiger charge is 2.34. The van der Waals surface area contributed by atoms with Crippen LogP contribution in [0.15, 0.2) is 24.3 Å². The van der Waals surface area contributed by atoms with Crippen LogP contribution < -0.4 is 10.6 Å². The number of carbonyl (C=O) groups is 2. The Morgan fingerprint density at radius 3 is 2.68 bits per heavy atom. The normalized spacial score (nSPS) is 20.2. The number of likely N-dealkylation sites (tertiary alicyclic amines) is 1. The molecule has 2 atom stereocenters. The molecule has 1 aliphatic rings. The number of aryl methyl sites for hydroxylation is 1. The van der Waals surface area contributed by atoms with E-state index in [1.165, 1.54) is 11.1 Å². The third kappa shape index (κ3) is 5.48. The van der Waals surface area contributed by atoms with E-state index in [0.29, 0.717) is 26.2 Å². The van der Waals surface area contributed by atoms with E-state index in [4.69, 9.17) is 0 Å². The summed E-state index contributed by atoms with van der Waals surface area (Å²) in [5, 5.41) is 5.90. The number of nitrogens with one attached hydrogen (secondary N) is 2. The molecule has 25 heavy (non-hydrogen) atoms. The number of hydrogen-bond donors (Lipinski definition) is 2. The minimum Gasteiger partial charge on any atom is -0.356 e. The lowest BCUT2D eigenvalue weighted by atomic mass is 9.83. The van der Waals surface area contributed by atoms with Crippen LogP contribution in [0.4, 0.5) is 4.79 Å². The largest absolute Gasteiger partial charge is 0.356 e. The zero-order valence-corrected chi connectivity index (χ0v) is 15.7. The van der Waals surface area contributed by atoms with Crippen LogP contribution in [0.2, 0.25) is 0 Å². The molecule has 1 fully saturated rings. The van der Waals surface area contributed by atoms with Gasteiger partial charge in [-0.25, -0.2) is 4.79 Å². The number of piperidine rings is 1. The van der Waals surface area contributed by atoms with E-state index in [1.807, 2.05) is 17.9 Å². The van der Waals surface area contributed by atoms with E-state index < -0.39 is 0 Å². The van der Waals surface area contributed by atoms with Crippen LogP contribution in [0.25, 0.3) is 0 Å². The predicted octanol–water partition coefficient (Wildman–Crippen LogP) is 3.05. The van der Waals surface area contributed by atoms with Crippen LogP contribution in [0, 0.1) is 12.8 Å². The fraction of sp³-hybridized carbons (Fsp3) is 0.600. The van der Waals surface area contributed by atoms with Crippen LogP contribution in [0.3, 0.4) is 0 Å². The molecule has 0 unspecified atom stereocenters. The Morgan fingerprint density at radius 2 is 2.00 bits per heavy atom. The highest BCUT2D eigenvalue weighted by atomic mass is 16.2. The maximum absolute atomic E-state index is 12.5. The molecular formula is C20H31N3O2. The van der Waals surface area contributed by atoms with E-state index >= 15 is 0 Å². The van der Waals surface area contributed by atoms with Gasteiger partial charge in [0.1, 0.15) is 0 Å². The minimum atomic E-state index is -0.156. The molecule has 1 saturated heterocycles. The molecule has 138 valence electrons. The monoisotopic (exact) mass is 345 g/mol. The summed E-state index contributed by atoms with van der Waals surface area (Å²) in [4.78, 5) is 26.7. The van der Waals surface area contributed by atoms with Crippen molar-refractivity contribution in [2.24, 2.45) is 5.92 Å². The Kier molecular flexibility index (Phi) is 7.29. The lowest BCUT2D eigenvalue weighted by molar-refractivity contribution is -0.126. The molecule has 1 aromatic rings. The lowest BCUT2D eigenvalue weighted by Gasteiger charge is -2.37. The van der Waals surface area contributed by atoms with Gasteiger partial charge >= 0.3 is 6.03 Å². The first kappa shape index (κ1) is 19.3. The van der Waals surface area contributed by atoms with E-state index in [0.717, 1.165) is 19.3 Å². The van der Waals surface area contributed by atoms with Gasteiger partial charge in [-0.2, -0.15) is 0 Å². The molecule has 5 nitrogen and oxygen atoms in total. The van der Waals surface area contributed by atoms with Crippen LogP contribution in [0.5, 0.6) is 0 Å². The first-order valence-electron chi connectivity index (χ1n) is 9.42. The summed E-state index contributed by atoms with van der Waals surface area (Å²) in [7, 11) is 0. The van der Waals surface area contributed by atoms with Gasteiger partial charge in [0, 0.05) is 32.1 Å². The van der Waals surface area contributed by atoms with E-state index in [2.05, 4.69) is 42.7 Å². The molecule has 0 saturated carbocycles. The molecule has 2 N–H and O–H groups in total. The number of urea groups is 1. The Balaban J connectivity index is 2.13. The number of benzene rings is 1. The molecule has 0 aromatic heterocycles. The average Bonchev–Trinajstić information content (AvgIpc) is 2.61. The molecule has 0 radical (unpaired) electrons. The standard InChI is InChI=1S/C20H31N3O2/c1-4-6-10-22-20(25)23-13-17(16-9-7-8-15(3)11-16)12-18(14-23)19(24)21-5-2/h7-9,11,17-18H,4-6,10,12-14H2,1-3H3,(H,21,24)(H,22,25)/t17-,18-/m0/s1. The summed E-state index contributed by atoms with van der Waals surface area (Å²) in [5.41, 5.74) is 2.41. The van der Waals surface area contributed by atoms with Gasteiger partial charge in [-0.15, -0.1) is 0 Å². The van der Waals surface area contributed by atoms with Gasteiger partial charge in [0.25, 0.3) is 0 Å². The second kappa shape index (κ2) is 9.44. The first-order valence-corrected chi connectivity index (χ1v) is 9.42. The fourth-order valence-electron chi connectivity index (χ4n) is 3.42. The molecule has 1 aliphatic heterocycles. The number of unbranched alkanes of at least 4 members (excludes halogenated alkanes) is 1. The lowest BCUT2D eigenvalue weighted by Crippen LogP contribution is -2.51. The summed E-state index contributed by atoms with van der Waals surface area (Å²) in [6, 6.07) is 8.33. The van der Waals surface area contributed by atoms with Crippen molar-refractivity contribution in [2.45, 2.75) is 46.0 Å². The van der Waals surface area contributed by atoms with Crippen molar-refractivity contribution in [1.29, 1.82) is 0 Å². The third-order valence-corrected chi connectivity index (χ3v) is 4.78. The van der Waals surface area contributed by atoms with Crippen molar-refractivity contribution in [3.05, 3.63) is 35.4 Å². The molecule has 0 bridgehead atoms. The Labute approximate surface area is 151 Å². The van der Waals surface area contributed by atoms with Crippen molar-refractivity contribution in [2.75, 3.05) is 26.2 Å². The second-order valence-corrected chi connectivity index (χ2v) is 6.93. The van der Waals surface area contributed by atoms with Crippen LogP contribution in [0.1, 0.15) is 50.2 Å². The fourth-order valence-corrected chi connectivity index (χ4v) is 3.42. The van der Waals surface area contributed by atoms with Crippen molar-refractivity contribution in [3.63, 3.8) is 0 Å². The molecule has 5 heteroatoms. The number of nitrogens with zero attached hydrogens (tertiary/aromatic N) is 1. The van der Waals surface area contributed by atoms with E-state index in [1.54, 1.807) is 0 Å². The Bertz CT molecular complexity index is 588. The van der Waals surface area contributed by atoms with Crippen LogP contribution in [-0.4, -0.2) is 43.0 Å². The number of carbonyl (C=O) groups excluding carboxylic acids is 2. The molecule has 0 spiro atoms. The summed E-state index contributed by atoms with van der Waals surface area (Å²) in [5.74, 6) is 0.0838. The molecular weight excluding hydrogens is 314 g/mol. The quantitative estimate of drug-likeness (QED) is 0.779. The third-order valence-electron chi connectivity index (χ3n) is 4.78. The van der Waals surface area contributed by atoms with Crippen molar-refractivity contribution < 1.29 is 9.59 Å². The summed E-state index contributed by atoms with van der Waals surface area (Å²) in [6.07, 6.45) is 2.81. The maximum Gasteiger partial charge on any atom is 0.317 e. The van der Waals surface area contributed by atoms with Crippen LogP contribution in [-0.2, 0) is 4.79 Å². The van der Waals surface area contributed by atoms with Gasteiger partial charge < -0.3 is 15.5 Å². The SMILES string of the molecule is CCCCNC(=O)N1C[C@@H](C(=O)NCC)C[C@H](c2cccc(C)c2)C1. The molecule has 1 heterocycles. The number of amides is 3. The van der Waals surface area contributed by atoms with Gasteiger partial charge in [-0.05, 0) is 32.3 Å². The second-order valence-electron chi connectivity index (χ2n) is 6.93. The summed E-state index contributed by atoms with van der Waals surface area (Å²) >= 11 is 0. The van der Waals surface area contributed by atoms with Gasteiger partial charge in [0.15, 0.2) is 0 Å². The van der Waals surface area contributed by atoms with Crippen molar-refractivity contribution in [1.82, 2.24) is 15.5 Å². The van der Waals surface area contributed by atoms with Crippen molar-refractivity contribution >= 4 is 11.9 Å². The molecule has 3 amide bonds. The number of rotatable bonds is 6. The Morgan fingerprint density at radius 1 is 1.20 bits per heavy atom. The van der Waals surface area contributed by atoms with Crippen molar-refractivity contribution in [3.8, 4) is 0 Å². The Hall–Kier alpha value is -2.04. The highest BCUT2D eigenvalue weighted by molar-refractivity contribution is 5.81. The first-order chi connectivity index (χ1) is 12.0. The van der Waals surface area contributed by atoms with E-state index in [9.17, 15) is 9.59 Å². The zero-order chi connectivity index (χ0) is 18.2. The van der Waals surface area contributed by atoms with Gasteiger partial charge in [0.2, 0.25) is 5.91 Å². The van der Waals surface area contributed by atoms with E-state index in [-0.39, 0.29) is 23.8 Å². The molecule has 0 aliphatic carbocycles. The smallest absolute Gasteiger partial charge is 0.317 e. The van der Waals surface area contributed by atoms with Gasteiger partial charge in [0.05, 0.1) is 5.92 Å². The highest BCUT2D eigenvalue weighted by Crippen LogP contribution is 2.31. The summed E-state index contributed by atoms with van der Waals surface area (Å²) < 4.78 is 0. The van der Waals surface area contributed by atoms with Gasteiger partial charge in [-0.3, -0.25) is 4.79 Å². The van der Waals surface area contributed by atoms with Gasteiger partial charge in [-0.1, -0.05) is 43.2 Å². The number of hydrogen-bond acceptors (Lipinski definition) is 2. The summed E-state index contributed by atoms with van der Waals surface area (Å²) in [6.45, 7) is 8.56. The maximum atomic E-state index is 12.5. The topological polar surface area (TPSA) is 61.4 Å².